The summed E-state index contributed by atoms with van der Waals surface area (Å²) in [5.41, 5.74) is 0. The van der Waals surface area contributed by atoms with E-state index in [1.54, 1.807) is 0 Å². The molecule has 0 heterocycles. The van der Waals surface area contributed by atoms with E-state index in [4.69, 9.17) is 18.9 Å². The fourth-order valence-electron chi connectivity index (χ4n) is 8.65. The Kier molecular flexibility index (Phi) is 55.0. The molecule has 9 nitrogen and oxygen atoms in total. The highest BCUT2D eigenvalue weighted by Crippen LogP contribution is 2.17. The number of carboxylic acids is 1. The zero-order valence-corrected chi connectivity index (χ0v) is 49.9. The zero-order valence-electron chi connectivity index (χ0n) is 49.9. The number of carboxylic acid groups (broad SMARTS) is 1. The van der Waals surface area contributed by atoms with Crippen LogP contribution in [0, 0.1) is 0 Å². The molecule has 0 aliphatic carbocycles. The summed E-state index contributed by atoms with van der Waals surface area (Å²) in [5.74, 6) is -2.08. The van der Waals surface area contributed by atoms with E-state index in [1.807, 2.05) is 21.1 Å². The summed E-state index contributed by atoms with van der Waals surface area (Å²) in [7, 11) is 5.95. The van der Waals surface area contributed by atoms with Gasteiger partial charge in [0, 0.05) is 12.8 Å². The van der Waals surface area contributed by atoms with Gasteiger partial charge in [-0.3, -0.25) is 9.59 Å². The number of quaternary nitrogens is 1. The van der Waals surface area contributed by atoms with Crippen LogP contribution in [0.15, 0.2) is 85.1 Å². The van der Waals surface area contributed by atoms with Gasteiger partial charge in [-0.15, -0.1) is 0 Å². The van der Waals surface area contributed by atoms with Crippen molar-refractivity contribution in [2.75, 3.05) is 47.5 Å². The van der Waals surface area contributed by atoms with Crippen molar-refractivity contribution in [3.8, 4) is 0 Å². The number of likely N-dealkylation sites (N-methyl/N-ethyl adjacent to an activating group) is 1. The Labute approximate surface area is 468 Å². The third kappa shape index (κ3) is 58.2. The summed E-state index contributed by atoms with van der Waals surface area (Å²) in [5, 5.41) is 9.71. The molecule has 0 radical (unpaired) electrons. The molecule has 0 fully saturated rings. The number of carbonyl (C=O) groups excluding carboxylic acids is 2. The Morgan fingerprint density at radius 2 is 0.750 bits per heavy atom. The first-order chi connectivity index (χ1) is 37.1. The first-order valence-corrected chi connectivity index (χ1v) is 31.3. The van der Waals surface area contributed by atoms with Gasteiger partial charge in [-0.1, -0.05) is 272 Å². The first-order valence-electron chi connectivity index (χ1n) is 31.3. The van der Waals surface area contributed by atoms with E-state index >= 15 is 0 Å². The van der Waals surface area contributed by atoms with Gasteiger partial charge in [-0.2, -0.15) is 0 Å². The van der Waals surface area contributed by atoms with Gasteiger partial charge in [-0.25, -0.2) is 4.79 Å². The highest BCUT2D eigenvalue weighted by atomic mass is 16.7. The van der Waals surface area contributed by atoms with Crippen molar-refractivity contribution in [2.45, 2.75) is 277 Å². The van der Waals surface area contributed by atoms with Gasteiger partial charge >= 0.3 is 17.9 Å². The van der Waals surface area contributed by atoms with Gasteiger partial charge < -0.3 is 28.5 Å². The van der Waals surface area contributed by atoms with Crippen LogP contribution in [0.25, 0.3) is 0 Å². The van der Waals surface area contributed by atoms with Crippen molar-refractivity contribution in [3.63, 3.8) is 0 Å². The van der Waals surface area contributed by atoms with Crippen LogP contribution in [0.3, 0.4) is 0 Å². The van der Waals surface area contributed by atoms with Crippen molar-refractivity contribution < 1.29 is 42.9 Å². The molecule has 0 aliphatic heterocycles. The molecule has 0 amide bonds. The van der Waals surface area contributed by atoms with Crippen LogP contribution in [0.1, 0.15) is 264 Å². The molecule has 0 spiro atoms. The third-order valence-electron chi connectivity index (χ3n) is 13.4. The summed E-state index contributed by atoms with van der Waals surface area (Å²) < 4.78 is 22.8. The number of allylic oxidation sites excluding steroid dienone is 14. The minimum absolute atomic E-state index is 0.174. The van der Waals surface area contributed by atoms with Crippen LogP contribution in [0.4, 0.5) is 0 Å². The molecule has 0 bridgehead atoms. The maximum atomic E-state index is 12.9. The normalized spacial score (nSPS) is 13.3. The maximum Gasteiger partial charge on any atom is 0.361 e. The second-order valence-electron chi connectivity index (χ2n) is 22.0. The molecule has 0 saturated carbocycles. The number of ether oxygens (including phenoxy) is 4. The number of esters is 2. The van der Waals surface area contributed by atoms with Crippen molar-refractivity contribution >= 4 is 17.9 Å². The van der Waals surface area contributed by atoms with Crippen LogP contribution in [0.5, 0.6) is 0 Å². The molecule has 0 aromatic heterocycles. The number of unbranched alkanes of at least 4 members (excludes halogenated alkanes) is 28. The van der Waals surface area contributed by atoms with Crippen LogP contribution >= 0.6 is 0 Å². The predicted molar refractivity (Wildman–Crippen MR) is 322 cm³/mol. The van der Waals surface area contributed by atoms with Gasteiger partial charge in [0.15, 0.2) is 6.10 Å². The van der Waals surface area contributed by atoms with Crippen LogP contribution in [0.2, 0.25) is 0 Å². The van der Waals surface area contributed by atoms with E-state index in [2.05, 4.69) is 98.9 Å². The molecule has 0 saturated heterocycles. The second kappa shape index (κ2) is 57.6. The average molecular weight is 1070 g/mol. The first kappa shape index (κ1) is 72.5. The summed E-state index contributed by atoms with van der Waals surface area (Å²) in [6.45, 7) is 4.72. The van der Waals surface area contributed by atoms with Crippen molar-refractivity contribution in [2.24, 2.45) is 0 Å². The molecule has 0 rings (SSSR count). The van der Waals surface area contributed by atoms with Gasteiger partial charge in [-0.05, 0) is 64.2 Å². The summed E-state index contributed by atoms with van der Waals surface area (Å²) in [4.78, 5) is 37.5. The maximum absolute atomic E-state index is 12.9. The number of hydrogen-bond acceptors (Lipinski definition) is 7. The lowest BCUT2D eigenvalue weighted by Crippen LogP contribution is -2.40. The Morgan fingerprint density at radius 3 is 1.11 bits per heavy atom. The number of hydrogen-bond donors (Lipinski definition) is 1. The fourth-order valence-corrected chi connectivity index (χ4v) is 8.65. The summed E-state index contributed by atoms with van der Waals surface area (Å²) >= 11 is 0. The lowest BCUT2D eigenvalue weighted by atomic mass is 10.0. The minimum Gasteiger partial charge on any atom is -0.477 e. The van der Waals surface area contributed by atoms with E-state index in [0.717, 1.165) is 70.6 Å². The standard InChI is InChI=1S/C67H117NO8/c1-6-8-10-12-14-16-18-20-22-24-26-28-30-31-32-33-34-36-37-39-41-43-45-47-49-51-53-55-57-64(69)74-61-63(62-75-67(66(71)72)73-60-59-68(3,4)5)76-65(70)58-56-54-52-50-48-46-44-42-40-38-35-29-27-25-23-21-19-17-15-13-11-9-7-2/h9,11,15,17,21,23,27,29,38,40,44,46,50,52,63,67H,6-8,10,12-14,16,18-20,22,24-26,28,30-37,39,41-43,45,47-49,51,53-62H2,1-5H3/p+1/b11-9-,17-15-,23-21-,29-27-,40-38-,46-44-,52-50-. The van der Waals surface area contributed by atoms with Crippen molar-refractivity contribution in [1.82, 2.24) is 0 Å². The molecular formula is C67H118NO8+. The van der Waals surface area contributed by atoms with Gasteiger partial charge in [0.25, 0.3) is 6.29 Å². The molecule has 2 atom stereocenters. The predicted octanol–water partition coefficient (Wildman–Crippen LogP) is 18.7. The second-order valence-corrected chi connectivity index (χ2v) is 22.0. The topological polar surface area (TPSA) is 108 Å². The minimum atomic E-state index is -1.53. The Bertz CT molecular complexity index is 1520. The van der Waals surface area contributed by atoms with Gasteiger partial charge in [0.2, 0.25) is 0 Å². The lowest BCUT2D eigenvalue weighted by molar-refractivity contribution is -0.870. The number of nitrogens with zero attached hydrogens (tertiary/aromatic N) is 1. The Morgan fingerprint density at radius 1 is 0.408 bits per heavy atom. The molecule has 1 N–H and O–H groups in total. The number of rotatable bonds is 57. The molecular weight excluding hydrogens is 947 g/mol. The van der Waals surface area contributed by atoms with Crippen LogP contribution in [-0.2, 0) is 33.3 Å². The molecule has 0 aromatic rings. The quantitative estimate of drug-likeness (QED) is 0.0211. The Hall–Kier alpha value is -3.53. The van der Waals surface area contributed by atoms with Gasteiger partial charge in [0.05, 0.1) is 34.4 Å². The number of carbonyl (C=O) groups is 3. The average Bonchev–Trinajstić information content (AvgIpc) is 3.39. The summed E-state index contributed by atoms with van der Waals surface area (Å²) in [6.07, 6.45) is 74.1. The van der Waals surface area contributed by atoms with Crippen molar-refractivity contribution in [3.05, 3.63) is 85.1 Å². The summed E-state index contributed by atoms with van der Waals surface area (Å²) in [6, 6.07) is 0. The lowest BCUT2D eigenvalue weighted by Gasteiger charge is -2.25. The van der Waals surface area contributed by atoms with Crippen LogP contribution < -0.4 is 0 Å². The van der Waals surface area contributed by atoms with E-state index < -0.39 is 24.3 Å². The SMILES string of the molecule is CC/C=C\C/C=C\C/C=C\C/C=C\C/C=C\C/C=C\C/C=C\CCCC(=O)OC(COC(=O)CCCCCCCCCCCCCCCCCCCCCCCCCCCCCC)COC(OCC[N+](C)(C)C)C(=O)O. The van der Waals surface area contributed by atoms with Crippen molar-refractivity contribution in [1.29, 1.82) is 0 Å². The van der Waals surface area contributed by atoms with E-state index in [9.17, 15) is 19.5 Å². The molecule has 0 aromatic carbocycles. The highest BCUT2D eigenvalue weighted by Gasteiger charge is 2.25. The highest BCUT2D eigenvalue weighted by molar-refractivity contribution is 5.71. The van der Waals surface area contributed by atoms with E-state index in [0.29, 0.717) is 17.4 Å². The largest absolute Gasteiger partial charge is 0.477 e. The molecule has 0 aliphatic rings. The Balaban J connectivity index is 4.25. The van der Waals surface area contributed by atoms with Gasteiger partial charge in [0.1, 0.15) is 13.2 Å². The molecule has 2 unspecified atom stereocenters. The van der Waals surface area contributed by atoms with E-state index in [1.165, 1.54) is 161 Å². The smallest absolute Gasteiger partial charge is 0.361 e. The molecule has 438 valence electrons. The number of aliphatic carboxylic acids is 1. The molecule has 9 heteroatoms. The monoisotopic (exact) mass is 1060 g/mol. The third-order valence-corrected chi connectivity index (χ3v) is 13.4. The zero-order chi connectivity index (χ0) is 55.5. The fraction of sp³-hybridized carbons (Fsp3) is 0.746. The van der Waals surface area contributed by atoms with Crippen LogP contribution in [-0.4, -0.2) is 87.4 Å². The molecule has 76 heavy (non-hydrogen) atoms. The van der Waals surface area contributed by atoms with E-state index in [-0.39, 0.29) is 38.6 Å².